The van der Waals surface area contributed by atoms with Crippen molar-refractivity contribution in [3.63, 3.8) is 0 Å². The van der Waals surface area contributed by atoms with Crippen LogP contribution in [0.4, 0.5) is 0 Å². The number of hydrogen-bond acceptors (Lipinski definition) is 3. The molecule has 3 aromatic rings. The number of imide groups is 1. The Balaban J connectivity index is 1.23. The molecule has 0 unspecified atom stereocenters. The molecule has 0 fully saturated rings. The maximum Gasteiger partial charge on any atom is 0.261 e. The molecule has 0 aliphatic carbocycles. The molecular weight excluding hydrogens is 434 g/mol. The minimum absolute atomic E-state index is 0.0794. The molecule has 0 radical (unpaired) electrons. The van der Waals surface area contributed by atoms with Crippen molar-refractivity contribution < 1.29 is 14.4 Å². The third kappa shape index (κ3) is 3.96. The van der Waals surface area contributed by atoms with Crippen LogP contribution in [0.2, 0.25) is 0 Å². The average molecular weight is 454 g/mol. The topological polar surface area (TPSA) is 82.3 Å². The number of nitrogens with one attached hydrogen (secondary N) is 2. The van der Waals surface area contributed by atoms with E-state index < -0.39 is 0 Å². The van der Waals surface area contributed by atoms with Gasteiger partial charge in [0.05, 0.1) is 11.1 Å². The molecule has 0 saturated heterocycles. The summed E-state index contributed by atoms with van der Waals surface area (Å²) in [5.41, 5.74) is 3.08. The minimum Gasteiger partial charge on any atom is -0.361 e. The first-order valence-corrected chi connectivity index (χ1v) is 10.3. The summed E-state index contributed by atoms with van der Waals surface area (Å²) in [5, 5.41) is 4.08. The zero-order chi connectivity index (χ0) is 20.4. The van der Waals surface area contributed by atoms with Gasteiger partial charge in [-0.25, -0.2) is 0 Å². The third-order valence-electron chi connectivity index (χ3n) is 5.11. The fourth-order valence-electron chi connectivity index (χ4n) is 3.63. The van der Waals surface area contributed by atoms with Crippen LogP contribution in [-0.2, 0) is 11.2 Å². The summed E-state index contributed by atoms with van der Waals surface area (Å²) in [4.78, 5) is 41.4. The van der Waals surface area contributed by atoms with E-state index in [1.54, 1.807) is 18.2 Å². The quantitative estimate of drug-likeness (QED) is 0.535. The molecule has 0 bridgehead atoms. The van der Waals surface area contributed by atoms with Crippen molar-refractivity contribution in [3.8, 4) is 0 Å². The molecule has 2 aromatic carbocycles. The highest BCUT2D eigenvalue weighted by molar-refractivity contribution is 9.10. The molecule has 1 aliphatic rings. The SMILES string of the molecule is O=C(CCCN1C(=O)c2ccc(Br)cc2C1=O)NCCc1c[nH]c2ccccc12. The van der Waals surface area contributed by atoms with E-state index in [4.69, 9.17) is 0 Å². The smallest absolute Gasteiger partial charge is 0.261 e. The first-order chi connectivity index (χ1) is 14.0. The largest absolute Gasteiger partial charge is 0.361 e. The van der Waals surface area contributed by atoms with Gasteiger partial charge in [-0.2, -0.15) is 0 Å². The van der Waals surface area contributed by atoms with Crippen molar-refractivity contribution in [3.05, 3.63) is 69.8 Å². The van der Waals surface area contributed by atoms with Gasteiger partial charge in [0.15, 0.2) is 0 Å². The second-order valence-corrected chi connectivity index (χ2v) is 7.93. The van der Waals surface area contributed by atoms with Crippen molar-refractivity contribution in [1.29, 1.82) is 0 Å². The Bertz CT molecular complexity index is 1110. The fourth-order valence-corrected chi connectivity index (χ4v) is 3.99. The van der Waals surface area contributed by atoms with Crippen LogP contribution >= 0.6 is 15.9 Å². The summed E-state index contributed by atoms with van der Waals surface area (Å²) < 4.78 is 0.758. The Morgan fingerprint density at radius 2 is 1.86 bits per heavy atom. The molecule has 3 amide bonds. The van der Waals surface area contributed by atoms with Crippen LogP contribution in [-0.4, -0.2) is 40.7 Å². The first-order valence-electron chi connectivity index (χ1n) is 9.52. The summed E-state index contributed by atoms with van der Waals surface area (Å²) >= 11 is 3.32. The Labute approximate surface area is 176 Å². The average Bonchev–Trinajstić information content (AvgIpc) is 3.22. The van der Waals surface area contributed by atoms with E-state index >= 15 is 0 Å². The van der Waals surface area contributed by atoms with Crippen molar-refractivity contribution in [2.75, 3.05) is 13.1 Å². The minimum atomic E-state index is -0.300. The van der Waals surface area contributed by atoms with Crippen LogP contribution in [0.5, 0.6) is 0 Å². The number of hydrogen-bond donors (Lipinski definition) is 2. The number of carbonyl (C=O) groups is 3. The predicted molar refractivity (Wildman–Crippen MR) is 114 cm³/mol. The Morgan fingerprint density at radius 1 is 1.07 bits per heavy atom. The van der Waals surface area contributed by atoms with Crippen LogP contribution < -0.4 is 5.32 Å². The molecule has 0 atom stereocenters. The highest BCUT2D eigenvalue weighted by Gasteiger charge is 2.35. The Morgan fingerprint density at radius 3 is 2.72 bits per heavy atom. The number of halogens is 1. The number of benzene rings is 2. The normalized spacial score (nSPS) is 13.2. The zero-order valence-electron chi connectivity index (χ0n) is 15.7. The molecular formula is C22H20BrN3O3. The standard InChI is InChI=1S/C22H20BrN3O3/c23-15-7-8-17-18(12-15)22(29)26(21(17)28)11-3-6-20(27)24-10-9-14-13-25-19-5-2-1-4-16(14)19/h1-2,4-5,7-8,12-13,25H,3,6,9-11H2,(H,24,27). The van der Waals surface area contributed by atoms with E-state index in [9.17, 15) is 14.4 Å². The van der Waals surface area contributed by atoms with Gasteiger partial charge in [0.2, 0.25) is 5.91 Å². The third-order valence-corrected chi connectivity index (χ3v) is 5.60. The molecule has 7 heteroatoms. The highest BCUT2D eigenvalue weighted by Crippen LogP contribution is 2.26. The number of carbonyl (C=O) groups excluding carboxylic acids is 3. The van der Waals surface area contributed by atoms with Crippen LogP contribution in [0, 0.1) is 0 Å². The molecule has 2 heterocycles. The van der Waals surface area contributed by atoms with Crippen LogP contribution in [0.25, 0.3) is 10.9 Å². The summed E-state index contributed by atoms with van der Waals surface area (Å²) in [7, 11) is 0. The summed E-state index contributed by atoms with van der Waals surface area (Å²) in [6.07, 6.45) is 3.41. The number of para-hydroxylation sites is 1. The first kappa shape index (κ1) is 19.4. The highest BCUT2D eigenvalue weighted by atomic mass is 79.9. The van der Waals surface area contributed by atoms with Crippen molar-refractivity contribution in [2.24, 2.45) is 0 Å². The Kier molecular flexibility index (Phi) is 5.49. The molecule has 29 heavy (non-hydrogen) atoms. The van der Waals surface area contributed by atoms with Crippen LogP contribution in [0.15, 0.2) is 53.1 Å². The van der Waals surface area contributed by atoms with Gasteiger partial charge in [0, 0.05) is 41.1 Å². The van der Waals surface area contributed by atoms with Gasteiger partial charge >= 0.3 is 0 Å². The number of fused-ring (bicyclic) bond motifs is 2. The molecule has 0 saturated carbocycles. The van der Waals surface area contributed by atoms with Crippen molar-refractivity contribution in [2.45, 2.75) is 19.3 Å². The zero-order valence-corrected chi connectivity index (χ0v) is 17.3. The van der Waals surface area contributed by atoms with Crippen molar-refractivity contribution >= 4 is 44.6 Å². The second kappa shape index (κ2) is 8.21. The fraction of sp³-hybridized carbons (Fsp3) is 0.227. The van der Waals surface area contributed by atoms with Gasteiger partial charge < -0.3 is 10.3 Å². The van der Waals surface area contributed by atoms with E-state index in [0.29, 0.717) is 24.1 Å². The molecule has 0 spiro atoms. The van der Waals surface area contributed by atoms with E-state index in [0.717, 1.165) is 22.0 Å². The van der Waals surface area contributed by atoms with E-state index in [1.165, 1.54) is 10.3 Å². The number of H-pyrrole nitrogens is 1. The number of nitrogens with zero attached hydrogens (tertiary/aromatic N) is 1. The monoisotopic (exact) mass is 453 g/mol. The maximum absolute atomic E-state index is 12.4. The van der Waals surface area contributed by atoms with Gasteiger partial charge in [-0.1, -0.05) is 34.1 Å². The summed E-state index contributed by atoms with van der Waals surface area (Å²) in [6.45, 7) is 0.779. The van der Waals surface area contributed by atoms with Crippen LogP contribution in [0.3, 0.4) is 0 Å². The lowest BCUT2D eigenvalue weighted by Crippen LogP contribution is -2.32. The number of amides is 3. The molecule has 6 nitrogen and oxygen atoms in total. The van der Waals surface area contributed by atoms with E-state index in [2.05, 4.69) is 32.3 Å². The van der Waals surface area contributed by atoms with E-state index in [-0.39, 0.29) is 30.7 Å². The molecule has 1 aliphatic heterocycles. The summed E-state index contributed by atoms with van der Waals surface area (Å²) in [5.74, 6) is -0.674. The maximum atomic E-state index is 12.4. The molecule has 4 rings (SSSR count). The molecule has 148 valence electrons. The predicted octanol–water partition coefficient (Wildman–Crippen LogP) is 3.67. The number of aromatic amines is 1. The lowest BCUT2D eigenvalue weighted by molar-refractivity contribution is -0.121. The van der Waals surface area contributed by atoms with Gasteiger partial charge in [0.25, 0.3) is 11.8 Å². The lowest BCUT2D eigenvalue weighted by Gasteiger charge is -2.13. The molecule has 2 N–H and O–H groups in total. The number of rotatable bonds is 7. The number of aromatic nitrogens is 1. The van der Waals surface area contributed by atoms with Crippen LogP contribution in [0.1, 0.15) is 39.1 Å². The van der Waals surface area contributed by atoms with Gasteiger partial charge in [-0.05, 0) is 42.7 Å². The van der Waals surface area contributed by atoms with Gasteiger partial charge in [-0.3, -0.25) is 19.3 Å². The lowest BCUT2D eigenvalue weighted by atomic mass is 10.1. The Hall–Kier alpha value is -2.93. The van der Waals surface area contributed by atoms with Gasteiger partial charge in [-0.15, -0.1) is 0 Å². The second-order valence-electron chi connectivity index (χ2n) is 7.01. The van der Waals surface area contributed by atoms with E-state index in [1.807, 2.05) is 24.4 Å². The molecule has 1 aromatic heterocycles. The summed E-state index contributed by atoms with van der Waals surface area (Å²) in [6, 6.07) is 13.1. The van der Waals surface area contributed by atoms with Crippen molar-refractivity contribution in [1.82, 2.24) is 15.2 Å². The van der Waals surface area contributed by atoms with Gasteiger partial charge in [0.1, 0.15) is 0 Å².